The lowest BCUT2D eigenvalue weighted by Crippen LogP contribution is -2.15. The Bertz CT molecular complexity index is 611. The number of nitrogens with zero attached hydrogens (tertiary/aromatic N) is 1. The Morgan fingerprint density at radius 2 is 2.15 bits per heavy atom. The molecule has 0 unspecified atom stereocenters. The van der Waals surface area contributed by atoms with Crippen molar-refractivity contribution < 1.29 is 9.13 Å². The van der Waals surface area contributed by atoms with Crippen LogP contribution in [0, 0.1) is 12.7 Å². The van der Waals surface area contributed by atoms with Crippen LogP contribution in [0.25, 0.3) is 0 Å². The molecule has 0 atom stereocenters. The molecule has 2 aromatic rings. The first-order valence-electron chi connectivity index (χ1n) is 6.83. The van der Waals surface area contributed by atoms with E-state index in [1.807, 2.05) is 13.0 Å². The second kappa shape index (κ2) is 5.59. The van der Waals surface area contributed by atoms with Crippen LogP contribution in [-0.4, -0.2) is 11.0 Å². The number of benzene rings is 1. The van der Waals surface area contributed by atoms with E-state index in [9.17, 15) is 4.39 Å². The van der Waals surface area contributed by atoms with Crippen molar-refractivity contribution in [3.05, 3.63) is 53.6 Å². The van der Waals surface area contributed by atoms with Crippen LogP contribution in [0.4, 0.5) is 4.39 Å². The summed E-state index contributed by atoms with van der Waals surface area (Å²) in [6, 6.07) is 9.26. The van der Waals surface area contributed by atoms with E-state index in [0.29, 0.717) is 18.3 Å². The Labute approximate surface area is 117 Å². The maximum absolute atomic E-state index is 14.0. The minimum atomic E-state index is -0.344. The standard InChI is InChI=1S/C16H17FN2O/c1-11-15(3-2-8-18-11)20-16-7-4-12(9-14(16)17)10-19-13-5-6-13/h2-4,7-9,13,19H,5-6,10H2,1H3. The van der Waals surface area contributed by atoms with Crippen molar-refractivity contribution in [1.29, 1.82) is 0 Å². The van der Waals surface area contributed by atoms with Gasteiger partial charge in [-0.05, 0) is 49.6 Å². The number of aromatic nitrogens is 1. The first-order valence-corrected chi connectivity index (χ1v) is 6.83. The van der Waals surface area contributed by atoms with Crippen molar-refractivity contribution in [2.45, 2.75) is 32.4 Å². The van der Waals surface area contributed by atoms with Gasteiger partial charge in [0.1, 0.15) is 5.75 Å². The number of rotatable bonds is 5. The van der Waals surface area contributed by atoms with E-state index in [-0.39, 0.29) is 11.6 Å². The second-order valence-electron chi connectivity index (χ2n) is 5.11. The molecule has 1 saturated carbocycles. The fourth-order valence-electron chi connectivity index (χ4n) is 1.98. The number of aryl methyl sites for hydroxylation is 1. The van der Waals surface area contributed by atoms with Gasteiger partial charge in [0.05, 0.1) is 5.69 Å². The van der Waals surface area contributed by atoms with E-state index in [4.69, 9.17) is 4.74 Å². The Kier molecular flexibility index (Phi) is 3.65. The van der Waals surface area contributed by atoms with Gasteiger partial charge in [-0.2, -0.15) is 0 Å². The summed E-state index contributed by atoms with van der Waals surface area (Å²) >= 11 is 0. The average molecular weight is 272 g/mol. The lowest BCUT2D eigenvalue weighted by molar-refractivity contribution is 0.436. The first kappa shape index (κ1) is 13.1. The minimum absolute atomic E-state index is 0.233. The molecule has 1 aliphatic rings. The first-order chi connectivity index (χ1) is 9.72. The van der Waals surface area contributed by atoms with Crippen LogP contribution < -0.4 is 10.1 Å². The molecule has 1 aromatic carbocycles. The summed E-state index contributed by atoms with van der Waals surface area (Å²) in [5.41, 5.74) is 1.68. The molecule has 1 aromatic heterocycles. The zero-order valence-corrected chi connectivity index (χ0v) is 11.4. The van der Waals surface area contributed by atoms with Crippen LogP contribution in [0.2, 0.25) is 0 Å². The smallest absolute Gasteiger partial charge is 0.166 e. The number of ether oxygens (including phenoxy) is 1. The van der Waals surface area contributed by atoms with E-state index in [1.165, 1.54) is 18.9 Å². The van der Waals surface area contributed by atoms with Crippen LogP contribution >= 0.6 is 0 Å². The molecular weight excluding hydrogens is 255 g/mol. The SMILES string of the molecule is Cc1ncccc1Oc1ccc(CNC2CC2)cc1F. The van der Waals surface area contributed by atoms with Gasteiger partial charge >= 0.3 is 0 Å². The predicted molar refractivity (Wildman–Crippen MR) is 75.3 cm³/mol. The molecule has 1 aliphatic carbocycles. The average Bonchev–Trinajstić information content (AvgIpc) is 3.26. The monoisotopic (exact) mass is 272 g/mol. The molecule has 0 spiro atoms. The molecule has 20 heavy (non-hydrogen) atoms. The zero-order valence-electron chi connectivity index (χ0n) is 11.4. The van der Waals surface area contributed by atoms with Gasteiger partial charge in [0.15, 0.2) is 11.6 Å². The summed E-state index contributed by atoms with van der Waals surface area (Å²) in [5.74, 6) is 0.467. The van der Waals surface area contributed by atoms with Gasteiger partial charge in [-0.25, -0.2) is 4.39 Å². The van der Waals surface area contributed by atoms with Gasteiger partial charge in [0, 0.05) is 18.8 Å². The fraction of sp³-hybridized carbons (Fsp3) is 0.312. The molecule has 104 valence electrons. The van der Waals surface area contributed by atoms with Crippen LogP contribution in [0.1, 0.15) is 24.1 Å². The normalized spacial score (nSPS) is 14.3. The number of hydrogen-bond acceptors (Lipinski definition) is 3. The highest BCUT2D eigenvalue weighted by Crippen LogP contribution is 2.27. The topological polar surface area (TPSA) is 34.1 Å². The van der Waals surface area contributed by atoms with E-state index >= 15 is 0 Å². The van der Waals surface area contributed by atoms with Crippen molar-refractivity contribution in [3.8, 4) is 11.5 Å². The Balaban J connectivity index is 1.71. The van der Waals surface area contributed by atoms with E-state index in [1.54, 1.807) is 24.4 Å². The molecule has 1 N–H and O–H groups in total. The summed E-state index contributed by atoms with van der Waals surface area (Å²) in [4.78, 5) is 4.12. The summed E-state index contributed by atoms with van der Waals surface area (Å²) < 4.78 is 19.6. The van der Waals surface area contributed by atoms with Crippen LogP contribution in [0.5, 0.6) is 11.5 Å². The van der Waals surface area contributed by atoms with Gasteiger partial charge in [0.2, 0.25) is 0 Å². The second-order valence-corrected chi connectivity index (χ2v) is 5.11. The molecule has 0 aliphatic heterocycles. The molecule has 0 saturated heterocycles. The quantitative estimate of drug-likeness (QED) is 0.903. The van der Waals surface area contributed by atoms with Crippen molar-refractivity contribution in [2.24, 2.45) is 0 Å². The third-order valence-electron chi connectivity index (χ3n) is 3.35. The van der Waals surface area contributed by atoms with E-state index in [0.717, 1.165) is 11.3 Å². The summed E-state index contributed by atoms with van der Waals surface area (Å²) in [5, 5.41) is 3.36. The maximum atomic E-state index is 14.0. The molecule has 0 amide bonds. The number of halogens is 1. The summed E-state index contributed by atoms with van der Waals surface area (Å²) in [7, 11) is 0. The lowest BCUT2D eigenvalue weighted by atomic mass is 10.2. The Hall–Kier alpha value is -1.94. The predicted octanol–water partition coefficient (Wildman–Crippen LogP) is 3.57. The van der Waals surface area contributed by atoms with Gasteiger partial charge in [-0.1, -0.05) is 6.07 Å². The van der Waals surface area contributed by atoms with Crippen molar-refractivity contribution in [3.63, 3.8) is 0 Å². The van der Waals surface area contributed by atoms with Gasteiger partial charge < -0.3 is 10.1 Å². The maximum Gasteiger partial charge on any atom is 0.166 e. The third kappa shape index (κ3) is 3.14. The molecule has 1 fully saturated rings. The number of pyridine rings is 1. The molecule has 1 heterocycles. The molecule has 0 bridgehead atoms. The third-order valence-corrected chi connectivity index (χ3v) is 3.35. The van der Waals surface area contributed by atoms with Crippen LogP contribution in [0.15, 0.2) is 36.5 Å². The van der Waals surface area contributed by atoms with Crippen LogP contribution in [0.3, 0.4) is 0 Å². The highest BCUT2D eigenvalue weighted by atomic mass is 19.1. The highest BCUT2D eigenvalue weighted by Gasteiger charge is 2.20. The van der Waals surface area contributed by atoms with Gasteiger partial charge in [-0.3, -0.25) is 4.98 Å². The van der Waals surface area contributed by atoms with Gasteiger partial charge in [-0.15, -0.1) is 0 Å². The molecule has 4 heteroatoms. The number of hydrogen-bond donors (Lipinski definition) is 1. The molecule has 3 rings (SSSR count). The Morgan fingerprint density at radius 3 is 2.85 bits per heavy atom. The van der Waals surface area contributed by atoms with Crippen molar-refractivity contribution in [2.75, 3.05) is 0 Å². The largest absolute Gasteiger partial charge is 0.452 e. The highest BCUT2D eigenvalue weighted by molar-refractivity contribution is 5.36. The molecular formula is C16H17FN2O. The lowest BCUT2D eigenvalue weighted by Gasteiger charge is -2.10. The zero-order chi connectivity index (χ0) is 13.9. The number of nitrogens with one attached hydrogen (secondary N) is 1. The minimum Gasteiger partial charge on any atom is -0.452 e. The summed E-state index contributed by atoms with van der Waals surface area (Å²) in [6.45, 7) is 2.54. The van der Waals surface area contributed by atoms with Crippen LogP contribution in [-0.2, 0) is 6.54 Å². The van der Waals surface area contributed by atoms with Crippen molar-refractivity contribution >= 4 is 0 Å². The molecule has 3 nitrogen and oxygen atoms in total. The molecule has 0 radical (unpaired) electrons. The summed E-state index contributed by atoms with van der Waals surface area (Å²) in [6.07, 6.45) is 4.14. The van der Waals surface area contributed by atoms with Gasteiger partial charge in [0.25, 0.3) is 0 Å². The van der Waals surface area contributed by atoms with Crippen molar-refractivity contribution in [1.82, 2.24) is 10.3 Å². The Morgan fingerprint density at radius 1 is 1.30 bits per heavy atom. The van der Waals surface area contributed by atoms with E-state index < -0.39 is 0 Å². The van der Waals surface area contributed by atoms with E-state index in [2.05, 4.69) is 10.3 Å². The fourth-order valence-corrected chi connectivity index (χ4v) is 1.98.